The fraction of sp³-hybridized carbons (Fsp3) is 0.263. The lowest BCUT2D eigenvalue weighted by molar-refractivity contribution is -0.384. The number of nitrogens with one attached hydrogen (secondary N) is 1. The van der Waals surface area contributed by atoms with E-state index in [4.69, 9.17) is 9.47 Å². The summed E-state index contributed by atoms with van der Waals surface area (Å²) in [5.41, 5.74) is 3.25. The van der Waals surface area contributed by atoms with Gasteiger partial charge < -0.3 is 14.8 Å². The highest BCUT2D eigenvalue weighted by Gasteiger charge is 2.39. The van der Waals surface area contributed by atoms with Crippen LogP contribution in [-0.2, 0) is 0 Å². The molecule has 1 N–H and O–H groups in total. The first-order chi connectivity index (χ1) is 12.2. The maximum Gasteiger partial charge on any atom is 0.269 e. The van der Waals surface area contributed by atoms with E-state index in [9.17, 15) is 10.1 Å². The number of fused-ring (bicyclic) bond motifs is 4. The number of nitro benzene ring substituents is 1. The molecule has 2 aromatic carbocycles. The van der Waals surface area contributed by atoms with Crippen LogP contribution in [0.2, 0.25) is 0 Å². The van der Waals surface area contributed by atoms with Crippen molar-refractivity contribution < 1.29 is 14.4 Å². The Labute approximate surface area is 144 Å². The van der Waals surface area contributed by atoms with Gasteiger partial charge in [-0.2, -0.15) is 0 Å². The summed E-state index contributed by atoms with van der Waals surface area (Å²) in [5, 5.41) is 14.7. The summed E-state index contributed by atoms with van der Waals surface area (Å²) in [4.78, 5) is 10.8. The van der Waals surface area contributed by atoms with Crippen LogP contribution in [0.15, 0.2) is 48.6 Å². The molecule has 6 heteroatoms. The van der Waals surface area contributed by atoms with Gasteiger partial charge in [0.1, 0.15) is 0 Å². The topological polar surface area (TPSA) is 73.6 Å². The second-order valence-corrected chi connectivity index (χ2v) is 6.62. The van der Waals surface area contributed by atoms with Gasteiger partial charge >= 0.3 is 0 Å². The van der Waals surface area contributed by atoms with Gasteiger partial charge in [0.05, 0.1) is 11.0 Å². The fourth-order valence-electron chi connectivity index (χ4n) is 4.13. The molecule has 25 heavy (non-hydrogen) atoms. The number of nitro groups is 1. The summed E-state index contributed by atoms with van der Waals surface area (Å²) in [5.74, 6) is 2.06. The second kappa shape index (κ2) is 5.24. The van der Waals surface area contributed by atoms with Crippen LogP contribution in [0.25, 0.3) is 0 Å². The highest BCUT2D eigenvalue weighted by molar-refractivity contribution is 5.63. The first kappa shape index (κ1) is 14.3. The molecule has 126 valence electrons. The Morgan fingerprint density at radius 3 is 2.88 bits per heavy atom. The third kappa shape index (κ3) is 2.17. The molecule has 2 aromatic rings. The first-order valence-electron chi connectivity index (χ1n) is 8.32. The number of benzene rings is 2. The van der Waals surface area contributed by atoms with E-state index in [1.54, 1.807) is 12.1 Å². The Morgan fingerprint density at radius 2 is 2.00 bits per heavy atom. The van der Waals surface area contributed by atoms with E-state index in [-0.39, 0.29) is 29.4 Å². The van der Waals surface area contributed by atoms with Crippen LogP contribution >= 0.6 is 0 Å². The van der Waals surface area contributed by atoms with Gasteiger partial charge in [-0.3, -0.25) is 10.1 Å². The standard InChI is InChI=1S/C19H16N2O4/c22-21(23)12-5-6-16-15(9-12)13-2-1-3-14(13)19(20-16)11-4-7-17-18(8-11)25-10-24-17/h1-2,4-9,13-14,19-20H,3,10H2/t13-,14+,19+/m1/s1. The molecule has 0 unspecified atom stereocenters. The maximum atomic E-state index is 11.1. The van der Waals surface area contributed by atoms with Crippen molar-refractivity contribution >= 4 is 11.4 Å². The van der Waals surface area contributed by atoms with E-state index in [0.29, 0.717) is 5.92 Å². The highest BCUT2D eigenvalue weighted by atomic mass is 16.7. The Kier molecular flexibility index (Phi) is 3.00. The monoisotopic (exact) mass is 336 g/mol. The Morgan fingerprint density at radius 1 is 1.12 bits per heavy atom. The molecule has 0 fully saturated rings. The molecular weight excluding hydrogens is 320 g/mol. The van der Waals surface area contributed by atoms with Gasteiger partial charge in [0.25, 0.3) is 5.69 Å². The van der Waals surface area contributed by atoms with Crippen molar-refractivity contribution in [2.45, 2.75) is 18.4 Å². The summed E-state index contributed by atoms with van der Waals surface area (Å²) in [7, 11) is 0. The van der Waals surface area contributed by atoms with Crippen LogP contribution in [0.3, 0.4) is 0 Å². The quantitative estimate of drug-likeness (QED) is 0.507. The molecule has 0 radical (unpaired) electrons. The van der Waals surface area contributed by atoms with Crippen molar-refractivity contribution in [3.05, 3.63) is 69.8 Å². The summed E-state index contributed by atoms with van der Waals surface area (Å²) >= 11 is 0. The average molecular weight is 336 g/mol. The molecule has 5 rings (SSSR count). The number of ether oxygens (including phenoxy) is 2. The smallest absolute Gasteiger partial charge is 0.269 e. The Balaban J connectivity index is 1.56. The predicted octanol–water partition coefficient (Wildman–Crippen LogP) is 4.15. The number of hydrogen-bond acceptors (Lipinski definition) is 5. The van der Waals surface area contributed by atoms with Gasteiger partial charge in [0.2, 0.25) is 6.79 Å². The Hall–Kier alpha value is -3.02. The van der Waals surface area contributed by atoms with Crippen LogP contribution in [0.5, 0.6) is 11.5 Å². The van der Waals surface area contributed by atoms with E-state index in [2.05, 4.69) is 23.5 Å². The molecular formula is C19H16N2O4. The summed E-state index contributed by atoms with van der Waals surface area (Å²) in [6.45, 7) is 0.261. The van der Waals surface area contributed by atoms with Crippen molar-refractivity contribution in [2.75, 3.05) is 12.1 Å². The molecule has 1 aliphatic carbocycles. The zero-order valence-electron chi connectivity index (χ0n) is 13.3. The minimum Gasteiger partial charge on any atom is -0.454 e. The maximum absolute atomic E-state index is 11.1. The lowest BCUT2D eigenvalue weighted by Gasteiger charge is -2.37. The summed E-state index contributed by atoms with van der Waals surface area (Å²) in [6.07, 6.45) is 5.29. The summed E-state index contributed by atoms with van der Waals surface area (Å²) < 4.78 is 10.9. The number of rotatable bonds is 2. The largest absolute Gasteiger partial charge is 0.454 e. The van der Waals surface area contributed by atoms with Crippen LogP contribution in [-0.4, -0.2) is 11.7 Å². The SMILES string of the molecule is O=[N+]([O-])c1ccc2c(c1)[C@@H]1C=CC[C@@H]1[C@H](c1ccc3c(c1)OCO3)N2. The molecule has 3 aliphatic rings. The third-order valence-electron chi connectivity index (χ3n) is 5.31. The number of allylic oxidation sites excluding steroid dienone is 2. The third-order valence-corrected chi connectivity index (χ3v) is 5.31. The van der Waals surface area contributed by atoms with Gasteiger partial charge in [0.15, 0.2) is 11.5 Å². The number of non-ortho nitro benzene ring substituents is 1. The number of nitrogens with zero attached hydrogens (tertiary/aromatic N) is 1. The van der Waals surface area contributed by atoms with Crippen molar-refractivity contribution in [1.29, 1.82) is 0 Å². The van der Waals surface area contributed by atoms with E-state index in [0.717, 1.165) is 34.7 Å². The molecule has 2 heterocycles. The van der Waals surface area contributed by atoms with E-state index in [1.807, 2.05) is 18.2 Å². The second-order valence-electron chi connectivity index (χ2n) is 6.62. The number of hydrogen-bond donors (Lipinski definition) is 1. The molecule has 0 saturated carbocycles. The van der Waals surface area contributed by atoms with Gasteiger partial charge in [-0.25, -0.2) is 0 Å². The lowest BCUT2D eigenvalue weighted by Crippen LogP contribution is -2.29. The van der Waals surface area contributed by atoms with Crippen LogP contribution in [0.1, 0.15) is 29.5 Å². The molecule has 0 bridgehead atoms. The van der Waals surface area contributed by atoms with Gasteiger partial charge in [-0.15, -0.1) is 0 Å². The lowest BCUT2D eigenvalue weighted by atomic mass is 9.77. The number of anilines is 1. The van der Waals surface area contributed by atoms with Gasteiger partial charge in [0, 0.05) is 23.7 Å². The molecule has 0 amide bonds. The minimum atomic E-state index is -0.335. The van der Waals surface area contributed by atoms with Crippen molar-refractivity contribution in [1.82, 2.24) is 0 Å². The zero-order chi connectivity index (χ0) is 17.0. The van der Waals surface area contributed by atoms with E-state index < -0.39 is 0 Å². The van der Waals surface area contributed by atoms with Gasteiger partial charge in [-0.05, 0) is 41.7 Å². The van der Waals surface area contributed by atoms with Crippen LogP contribution < -0.4 is 14.8 Å². The van der Waals surface area contributed by atoms with Crippen LogP contribution in [0.4, 0.5) is 11.4 Å². The predicted molar refractivity (Wildman–Crippen MR) is 92.0 cm³/mol. The minimum absolute atomic E-state index is 0.128. The van der Waals surface area contributed by atoms with E-state index in [1.165, 1.54) is 0 Å². The van der Waals surface area contributed by atoms with Crippen molar-refractivity contribution in [2.24, 2.45) is 5.92 Å². The molecule has 0 saturated heterocycles. The van der Waals surface area contributed by atoms with Crippen molar-refractivity contribution in [3.63, 3.8) is 0 Å². The molecule has 3 atom stereocenters. The Bertz CT molecular complexity index is 908. The van der Waals surface area contributed by atoms with Gasteiger partial charge in [-0.1, -0.05) is 18.2 Å². The van der Waals surface area contributed by atoms with Crippen molar-refractivity contribution in [3.8, 4) is 11.5 Å². The van der Waals surface area contributed by atoms with Crippen LogP contribution in [0, 0.1) is 16.0 Å². The normalized spacial score (nSPS) is 25.2. The van der Waals surface area contributed by atoms with E-state index >= 15 is 0 Å². The molecule has 2 aliphatic heterocycles. The zero-order valence-corrected chi connectivity index (χ0v) is 13.3. The highest BCUT2D eigenvalue weighted by Crippen LogP contribution is 2.51. The average Bonchev–Trinajstić information content (AvgIpc) is 3.29. The first-order valence-corrected chi connectivity index (χ1v) is 8.32. The molecule has 0 spiro atoms. The molecule has 0 aromatic heterocycles. The fourth-order valence-corrected chi connectivity index (χ4v) is 4.13. The molecule has 6 nitrogen and oxygen atoms in total. The summed E-state index contributed by atoms with van der Waals surface area (Å²) in [6, 6.07) is 11.2.